The van der Waals surface area contributed by atoms with Gasteiger partial charge in [-0.25, -0.2) is 9.48 Å². The fraction of sp³-hybridized carbons (Fsp3) is 0.176. The largest absolute Gasteiger partial charge is 0.341 e. The van der Waals surface area contributed by atoms with E-state index in [1.54, 1.807) is 34.9 Å². The van der Waals surface area contributed by atoms with Gasteiger partial charge in [0, 0.05) is 38.5 Å². The Morgan fingerprint density at radius 3 is 2.84 bits per heavy atom. The highest BCUT2D eigenvalue weighted by Crippen LogP contribution is 2.13. The Balaban J connectivity index is 1.86. The van der Waals surface area contributed by atoms with Crippen LogP contribution in [0.1, 0.15) is 11.3 Å². The fourth-order valence-corrected chi connectivity index (χ4v) is 2.39. The molecule has 0 saturated carbocycles. The lowest BCUT2D eigenvalue weighted by atomic mass is 10.1. The average molecular weight is 338 g/mol. The van der Waals surface area contributed by atoms with Crippen LogP contribution in [-0.4, -0.2) is 32.6 Å². The maximum absolute atomic E-state index is 12.1. The first-order valence-corrected chi connectivity index (χ1v) is 7.71. The summed E-state index contributed by atoms with van der Waals surface area (Å²) in [6.45, 7) is 0. The number of rotatable bonds is 4. The smallest absolute Gasteiger partial charge is 0.318 e. The molecule has 3 aromatic rings. The summed E-state index contributed by atoms with van der Waals surface area (Å²) in [6, 6.07) is 8.50. The van der Waals surface area contributed by atoms with E-state index in [1.165, 1.54) is 6.07 Å². The van der Waals surface area contributed by atoms with E-state index in [1.807, 2.05) is 31.4 Å². The number of aryl methyl sites for hydroxylation is 1. The molecule has 128 valence electrons. The van der Waals surface area contributed by atoms with Gasteiger partial charge >= 0.3 is 6.03 Å². The highest BCUT2D eigenvalue weighted by Gasteiger charge is 2.08. The van der Waals surface area contributed by atoms with Gasteiger partial charge in [0.15, 0.2) is 0 Å². The Morgan fingerprint density at radius 1 is 1.28 bits per heavy atom. The third kappa shape index (κ3) is 3.92. The minimum atomic E-state index is -0.297. The Bertz CT molecular complexity index is 960. The predicted octanol–water partition coefficient (Wildman–Crippen LogP) is 1.31. The molecule has 2 amide bonds. The normalized spacial score (nSPS) is 10.5. The molecular weight excluding hydrogens is 320 g/mol. The lowest BCUT2D eigenvalue weighted by molar-refractivity contribution is 0.254. The van der Waals surface area contributed by atoms with Crippen LogP contribution in [0.4, 0.5) is 10.5 Å². The number of anilines is 1. The minimum absolute atomic E-state index is 0.134. The van der Waals surface area contributed by atoms with E-state index in [-0.39, 0.29) is 11.5 Å². The number of hydrogen-bond donors (Lipinski definition) is 2. The molecule has 0 spiro atoms. The number of benzene rings is 1. The second-order valence-electron chi connectivity index (χ2n) is 5.52. The molecule has 2 N–H and O–H groups in total. The molecule has 0 aliphatic heterocycles. The maximum atomic E-state index is 12.1. The Morgan fingerprint density at radius 2 is 2.12 bits per heavy atom. The zero-order valence-electron chi connectivity index (χ0n) is 13.9. The molecule has 0 aliphatic rings. The summed E-state index contributed by atoms with van der Waals surface area (Å²) >= 11 is 0. The zero-order valence-corrected chi connectivity index (χ0v) is 13.9. The summed E-state index contributed by atoms with van der Waals surface area (Å²) in [4.78, 5) is 23.6. The van der Waals surface area contributed by atoms with Crippen LogP contribution in [0.3, 0.4) is 0 Å². The summed E-state index contributed by atoms with van der Waals surface area (Å²) in [6.07, 6.45) is 5.47. The number of aromatic nitrogens is 4. The number of nitrogens with zero attached hydrogens (tertiary/aromatic N) is 4. The summed E-state index contributed by atoms with van der Waals surface area (Å²) in [5, 5.41) is 13.7. The number of amides is 2. The van der Waals surface area contributed by atoms with Crippen molar-refractivity contribution in [2.45, 2.75) is 6.42 Å². The van der Waals surface area contributed by atoms with Gasteiger partial charge in [-0.15, -0.1) is 0 Å². The molecule has 2 aromatic heterocycles. The average Bonchev–Trinajstić information content (AvgIpc) is 3.03. The number of hydrogen-bond acceptors (Lipinski definition) is 4. The number of carbonyl (C=O) groups is 1. The van der Waals surface area contributed by atoms with E-state index in [0.717, 1.165) is 11.3 Å². The van der Waals surface area contributed by atoms with Crippen molar-refractivity contribution in [2.24, 2.45) is 7.05 Å². The highest BCUT2D eigenvalue weighted by molar-refractivity contribution is 5.89. The monoisotopic (exact) mass is 338 g/mol. The molecule has 0 bridgehead atoms. The maximum Gasteiger partial charge on any atom is 0.318 e. The second-order valence-corrected chi connectivity index (χ2v) is 5.52. The van der Waals surface area contributed by atoms with Gasteiger partial charge in [0.05, 0.1) is 12.4 Å². The molecule has 0 fully saturated rings. The van der Waals surface area contributed by atoms with E-state index in [0.29, 0.717) is 17.8 Å². The third-order valence-electron chi connectivity index (χ3n) is 3.62. The second kappa shape index (κ2) is 7.00. The first-order valence-electron chi connectivity index (χ1n) is 7.71. The Hall–Kier alpha value is -3.42. The van der Waals surface area contributed by atoms with Crippen molar-refractivity contribution in [1.29, 1.82) is 0 Å². The van der Waals surface area contributed by atoms with Crippen LogP contribution in [0.15, 0.2) is 53.7 Å². The van der Waals surface area contributed by atoms with Crippen molar-refractivity contribution in [3.05, 3.63) is 70.4 Å². The quantitative estimate of drug-likeness (QED) is 0.750. The summed E-state index contributed by atoms with van der Waals surface area (Å²) < 4.78 is 3.29. The van der Waals surface area contributed by atoms with Crippen LogP contribution in [0, 0.1) is 0 Å². The SMILES string of the molecule is CNC(=O)Nc1cccc(Cc2nn(-c3cnn(C)c3)ccc2=O)c1. The van der Waals surface area contributed by atoms with Crippen molar-refractivity contribution < 1.29 is 4.79 Å². The summed E-state index contributed by atoms with van der Waals surface area (Å²) in [5.74, 6) is 0. The van der Waals surface area contributed by atoms with E-state index < -0.39 is 0 Å². The lowest BCUT2D eigenvalue weighted by Crippen LogP contribution is -2.24. The summed E-state index contributed by atoms with van der Waals surface area (Å²) in [7, 11) is 3.37. The molecule has 0 unspecified atom stereocenters. The van der Waals surface area contributed by atoms with Crippen LogP contribution < -0.4 is 16.1 Å². The van der Waals surface area contributed by atoms with E-state index in [9.17, 15) is 9.59 Å². The molecule has 8 nitrogen and oxygen atoms in total. The number of carbonyl (C=O) groups excluding carboxylic acids is 1. The molecule has 0 saturated heterocycles. The molecule has 0 radical (unpaired) electrons. The van der Waals surface area contributed by atoms with Crippen LogP contribution in [0.5, 0.6) is 0 Å². The van der Waals surface area contributed by atoms with Crippen molar-refractivity contribution in [2.75, 3.05) is 12.4 Å². The van der Waals surface area contributed by atoms with Gasteiger partial charge in [0.25, 0.3) is 0 Å². The lowest BCUT2D eigenvalue weighted by Gasteiger charge is -2.08. The molecule has 0 atom stereocenters. The van der Waals surface area contributed by atoms with Crippen LogP contribution in [0.2, 0.25) is 0 Å². The topological polar surface area (TPSA) is 93.8 Å². The molecule has 3 rings (SSSR count). The van der Waals surface area contributed by atoms with E-state index in [4.69, 9.17) is 0 Å². The molecule has 0 aliphatic carbocycles. The van der Waals surface area contributed by atoms with Crippen molar-refractivity contribution in [3.63, 3.8) is 0 Å². The van der Waals surface area contributed by atoms with E-state index in [2.05, 4.69) is 20.8 Å². The van der Waals surface area contributed by atoms with Crippen LogP contribution in [-0.2, 0) is 13.5 Å². The van der Waals surface area contributed by atoms with Crippen LogP contribution >= 0.6 is 0 Å². The fourth-order valence-electron chi connectivity index (χ4n) is 2.39. The predicted molar refractivity (Wildman–Crippen MR) is 93.9 cm³/mol. The molecule has 8 heteroatoms. The van der Waals surface area contributed by atoms with Gasteiger partial charge in [-0.1, -0.05) is 12.1 Å². The number of urea groups is 1. The van der Waals surface area contributed by atoms with Crippen LogP contribution in [0.25, 0.3) is 5.69 Å². The molecule has 2 heterocycles. The zero-order chi connectivity index (χ0) is 17.8. The standard InChI is InChI=1S/C17H18N6O2/c1-18-17(25)20-13-5-3-4-12(8-13)9-15-16(24)6-7-23(21-15)14-10-19-22(2)11-14/h3-8,10-11H,9H2,1-2H3,(H2,18,20,25). The Kier molecular flexibility index (Phi) is 4.60. The molecule has 25 heavy (non-hydrogen) atoms. The number of nitrogens with one attached hydrogen (secondary N) is 2. The highest BCUT2D eigenvalue weighted by atomic mass is 16.2. The van der Waals surface area contributed by atoms with Gasteiger partial charge < -0.3 is 10.6 Å². The van der Waals surface area contributed by atoms with Crippen molar-refractivity contribution in [1.82, 2.24) is 24.9 Å². The first-order chi connectivity index (χ1) is 12.0. The van der Waals surface area contributed by atoms with Gasteiger partial charge in [0.1, 0.15) is 11.4 Å². The third-order valence-corrected chi connectivity index (χ3v) is 3.62. The Labute approximate surface area is 144 Å². The molecule has 1 aromatic carbocycles. The van der Waals surface area contributed by atoms with Gasteiger partial charge in [0.2, 0.25) is 5.43 Å². The van der Waals surface area contributed by atoms with Crippen molar-refractivity contribution in [3.8, 4) is 5.69 Å². The van der Waals surface area contributed by atoms with E-state index >= 15 is 0 Å². The molecular formula is C17H18N6O2. The summed E-state index contributed by atoms with van der Waals surface area (Å²) in [5.41, 5.74) is 2.59. The van der Waals surface area contributed by atoms with Gasteiger partial charge in [-0.05, 0) is 17.7 Å². The van der Waals surface area contributed by atoms with Gasteiger partial charge in [-0.2, -0.15) is 10.2 Å². The first kappa shape index (κ1) is 16.4. The minimum Gasteiger partial charge on any atom is -0.341 e. The van der Waals surface area contributed by atoms with Gasteiger partial charge in [-0.3, -0.25) is 9.48 Å². The van der Waals surface area contributed by atoms with Crippen molar-refractivity contribution >= 4 is 11.7 Å².